The monoisotopic (exact) mass is 262 g/mol. The number of aromatic nitrogens is 1. The second kappa shape index (κ2) is 3.80. The van der Waals surface area contributed by atoms with Crippen molar-refractivity contribution in [1.29, 1.82) is 0 Å². The van der Waals surface area contributed by atoms with E-state index in [1.165, 1.54) is 38.5 Å². The Hall–Kier alpha value is -0.410. The Morgan fingerprint density at radius 3 is 2.22 bits per heavy atom. The summed E-state index contributed by atoms with van der Waals surface area (Å²) >= 11 is 1.89. The van der Waals surface area contributed by atoms with Crippen LogP contribution in [0.25, 0.3) is 0 Å². The fourth-order valence-electron chi connectivity index (χ4n) is 5.16. The molecule has 98 valence electrons. The maximum absolute atomic E-state index is 5.97. The lowest BCUT2D eigenvalue weighted by Crippen LogP contribution is -2.48. The highest BCUT2D eigenvalue weighted by molar-refractivity contribution is 7.11. The summed E-state index contributed by atoms with van der Waals surface area (Å²) in [5, 5.41) is 1.13. The third-order valence-electron chi connectivity index (χ3n) is 5.47. The highest BCUT2D eigenvalue weighted by Crippen LogP contribution is 2.61. The SMILES string of the molecule is CC(N)c1ncc(C23CC4CC(CC(C4)C2)C3)s1. The second-order valence-electron chi connectivity index (χ2n) is 7.05. The molecule has 4 fully saturated rings. The van der Waals surface area contributed by atoms with Crippen molar-refractivity contribution in [2.45, 2.75) is 56.9 Å². The summed E-state index contributed by atoms with van der Waals surface area (Å²) in [7, 11) is 0. The molecule has 3 heteroatoms. The molecule has 0 saturated heterocycles. The molecule has 0 radical (unpaired) electrons. The zero-order chi connectivity index (χ0) is 12.3. The third-order valence-corrected chi connectivity index (χ3v) is 6.92. The molecule has 1 atom stereocenters. The molecule has 1 aromatic rings. The lowest BCUT2D eigenvalue weighted by atomic mass is 9.49. The molecule has 4 aliphatic carbocycles. The number of rotatable bonds is 2. The minimum absolute atomic E-state index is 0.0951. The van der Waals surface area contributed by atoms with Crippen LogP contribution in [0.1, 0.15) is 61.4 Å². The van der Waals surface area contributed by atoms with Crippen LogP contribution in [0.15, 0.2) is 6.20 Å². The maximum atomic E-state index is 5.97. The molecule has 18 heavy (non-hydrogen) atoms. The fraction of sp³-hybridized carbons (Fsp3) is 0.800. The van der Waals surface area contributed by atoms with Crippen LogP contribution in [-0.4, -0.2) is 4.98 Å². The smallest absolute Gasteiger partial charge is 0.109 e. The molecule has 0 spiro atoms. The van der Waals surface area contributed by atoms with Crippen LogP contribution in [0, 0.1) is 17.8 Å². The number of hydrogen-bond donors (Lipinski definition) is 1. The molecule has 5 rings (SSSR count). The molecule has 1 aromatic heterocycles. The molecule has 4 bridgehead atoms. The molecule has 2 nitrogen and oxygen atoms in total. The quantitative estimate of drug-likeness (QED) is 0.884. The van der Waals surface area contributed by atoms with Gasteiger partial charge in [0.25, 0.3) is 0 Å². The van der Waals surface area contributed by atoms with Crippen LogP contribution in [0.3, 0.4) is 0 Å². The number of hydrogen-bond acceptors (Lipinski definition) is 3. The Morgan fingerprint density at radius 1 is 1.22 bits per heavy atom. The van der Waals surface area contributed by atoms with E-state index in [0.717, 1.165) is 22.8 Å². The minimum atomic E-state index is 0.0951. The molecule has 1 heterocycles. The molecule has 2 N–H and O–H groups in total. The van der Waals surface area contributed by atoms with E-state index in [-0.39, 0.29) is 6.04 Å². The van der Waals surface area contributed by atoms with Gasteiger partial charge in [0, 0.05) is 16.5 Å². The Kier molecular flexibility index (Phi) is 2.41. The zero-order valence-corrected chi connectivity index (χ0v) is 11.9. The summed E-state index contributed by atoms with van der Waals surface area (Å²) in [5.41, 5.74) is 6.47. The van der Waals surface area contributed by atoms with Gasteiger partial charge in [0.15, 0.2) is 0 Å². The van der Waals surface area contributed by atoms with E-state index >= 15 is 0 Å². The highest BCUT2D eigenvalue weighted by Gasteiger charge is 2.52. The van der Waals surface area contributed by atoms with Crippen molar-refractivity contribution in [2.75, 3.05) is 0 Å². The van der Waals surface area contributed by atoms with E-state index in [1.54, 1.807) is 4.88 Å². The molecule has 0 aromatic carbocycles. The summed E-state index contributed by atoms with van der Waals surface area (Å²) in [5.74, 6) is 3.03. The van der Waals surface area contributed by atoms with E-state index in [1.807, 2.05) is 18.3 Å². The normalized spacial score (nSPS) is 43.3. The number of thiazole rings is 1. The molecule has 0 aliphatic heterocycles. The van der Waals surface area contributed by atoms with Gasteiger partial charge in [0.05, 0.1) is 6.04 Å². The largest absolute Gasteiger partial charge is 0.322 e. The van der Waals surface area contributed by atoms with Crippen molar-refractivity contribution in [1.82, 2.24) is 4.98 Å². The average Bonchev–Trinajstić information content (AvgIpc) is 2.76. The molecule has 4 aliphatic rings. The topological polar surface area (TPSA) is 38.9 Å². The van der Waals surface area contributed by atoms with Gasteiger partial charge < -0.3 is 5.73 Å². The first-order valence-electron chi connectivity index (χ1n) is 7.36. The lowest BCUT2D eigenvalue weighted by molar-refractivity contribution is -0.00355. The third kappa shape index (κ3) is 1.60. The van der Waals surface area contributed by atoms with Gasteiger partial charge in [0.1, 0.15) is 5.01 Å². The van der Waals surface area contributed by atoms with Gasteiger partial charge in [0.2, 0.25) is 0 Å². The molecular formula is C15H22N2S. The van der Waals surface area contributed by atoms with E-state index in [9.17, 15) is 0 Å². The van der Waals surface area contributed by atoms with E-state index in [0.29, 0.717) is 5.41 Å². The van der Waals surface area contributed by atoms with Gasteiger partial charge in [-0.25, -0.2) is 4.98 Å². The van der Waals surface area contributed by atoms with Gasteiger partial charge in [-0.15, -0.1) is 11.3 Å². The first kappa shape index (κ1) is 11.4. The van der Waals surface area contributed by atoms with Gasteiger partial charge in [-0.3, -0.25) is 0 Å². The summed E-state index contributed by atoms with van der Waals surface area (Å²) < 4.78 is 0. The molecule has 1 unspecified atom stereocenters. The van der Waals surface area contributed by atoms with Gasteiger partial charge in [-0.1, -0.05) is 0 Å². The van der Waals surface area contributed by atoms with Crippen molar-refractivity contribution in [3.8, 4) is 0 Å². The summed E-state index contributed by atoms with van der Waals surface area (Å²) in [6, 6.07) is 0.0951. The molecule has 0 amide bonds. The average molecular weight is 262 g/mol. The second-order valence-corrected chi connectivity index (χ2v) is 8.11. The van der Waals surface area contributed by atoms with Crippen LogP contribution >= 0.6 is 11.3 Å². The first-order chi connectivity index (χ1) is 8.64. The van der Waals surface area contributed by atoms with Crippen molar-refractivity contribution < 1.29 is 0 Å². The molecular weight excluding hydrogens is 240 g/mol. The Balaban J connectivity index is 1.70. The van der Waals surface area contributed by atoms with Crippen molar-refractivity contribution in [3.63, 3.8) is 0 Å². The van der Waals surface area contributed by atoms with Gasteiger partial charge in [-0.05, 0) is 63.2 Å². The van der Waals surface area contributed by atoms with Gasteiger partial charge in [-0.2, -0.15) is 0 Å². The van der Waals surface area contributed by atoms with Crippen molar-refractivity contribution in [3.05, 3.63) is 16.1 Å². The predicted molar refractivity (Wildman–Crippen MR) is 74.6 cm³/mol. The van der Waals surface area contributed by atoms with Crippen LogP contribution in [0.5, 0.6) is 0 Å². The minimum Gasteiger partial charge on any atom is -0.322 e. The predicted octanol–water partition coefficient (Wildman–Crippen LogP) is 3.63. The highest BCUT2D eigenvalue weighted by atomic mass is 32.1. The Labute approximate surface area is 113 Å². The van der Waals surface area contributed by atoms with Gasteiger partial charge >= 0.3 is 0 Å². The molecule has 4 saturated carbocycles. The summed E-state index contributed by atoms with van der Waals surface area (Å²) in [4.78, 5) is 6.12. The van der Waals surface area contributed by atoms with Crippen LogP contribution in [0.4, 0.5) is 0 Å². The number of nitrogens with two attached hydrogens (primary N) is 1. The van der Waals surface area contributed by atoms with Crippen molar-refractivity contribution in [2.24, 2.45) is 23.5 Å². The van der Waals surface area contributed by atoms with Crippen LogP contribution in [0.2, 0.25) is 0 Å². The van der Waals surface area contributed by atoms with E-state index in [2.05, 4.69) is 11.2 Å². The summed E-state index contributed by atoms with van der Waals surface area (Å²) in [6.45, 7) is 2.04. The number of nitrogens with zero attached hydrogens (tertiary/aromatic N) is 1. The Morgan fingerprint density at radius 2 is 1.78 bits per heavy atom. The lowest BCUT2D eigenvalue weighted by Gasteiger charge is -2.56. The Bertz CT molecular complexity index is 428. The maximum Gasteiger partial charge on any atom is 0.109 e. The standard InChI is InChI=1S/C15H22N2S/c1-9(16)14-17-8-13(18-14)15-5-10-2-11(6-15)4-12(3-10)7-15/h8-12H,2-7,16H2,1H3. The van der Waals surface area contributed by atoms with Crippen LogP contribution < -0.4 is 5.73 Å². The van der Waals surface area contributed by atoms with Crippen molar-refractivity contribution >= 4 is 11.3 Å². The van der Waals surface area contributed by atoms with Crippen LogP contribution in [-0.2, 0) is 5.41 Å². The van der Waals surface area contributed by atoms with E-state index in [4.69, 9.17) is 5.73 Å². The van der Waals surface area contributed by atoms with E-state index < -0.39 is 0 Å². The summed E-state index contributed by atoms with van der Waals surface area (Å²) in [6.07, 6.45) is 11.0. The zero-order valence-electron chi connectivity index (χ0n) is 11.1. The first-order valence-corrected chi connectivity index (χ1v) is 8.18. The fourth-order valence-corrected chi connectivity index (χ4v) is 6.24.